The van der Waals surface area contributed by atoms with Crippen LogP contribution in [0, 0.1) is 11.8 Å². The molecule has 64 valence electrons. The molecule has 11 heavy (non-hydrogen) atoms. The molecule has 2 atom stereocenters. The Bertz CT molecular complexity index is 120. The Hall–Kier alpha value is 0.0649. The highest BCUT2D eigenvalue weighted by Crippen LogP contribution is 2.42. The first-order valence-electron chi connectivity index (χ1n) is 5.11. The van der Waals surface area contributed by atoms with E-state index in [9.17, 15) is 0 Å². The van der Waals surface area contributed by atoms with Crippen LogP contribution < -0.4 is 0 Å². The highest BCUT2D eigenvalue weighted by molar-refractivity contribution is 6.70. The lowest BCUT2D eigenvalue weighted by Crippen LogP contribution is -2.03. The quantitative estimate of drug-likeness (QED) is 0.540. The van der Waals surface area contributed by atoms with Crippen molar-refractivity contribution in [2.45, 2.75) is 52.6 Å². The van der Waals surface area contributed by atoms with E-state index in [0.29, 0.717) is 0 Å². The summed E-state index contributed by atoms with van der Waals surface area (Å²) in [7, 11) is 0. The molecule has 1 heterocycles. The standard InChI is InChI=1S/C10H21B/c1-8(2)9(3)5-6-10-7-11(10)4/h8-10H,5-7H2,1-4H3. The van der Waals surface area contributed by atoms with Crippen LogP contribution in [-0.2, 0) is 0 Å². The fourth-order valence-corrected chi connectivity index (χ4v) is 1.61. The van der Waals surface area contributed by atoms with E-state index < -0.39 is 0 Å². The highest BCUT2D eigenvalue weighted by atomic mass is 14.2. The molecule has 1 fully saturated rings. The highest BCUT2D eigenvalue weighted by Gasteiger charge is 2.35. The summed E-state index contributed by atoms with van der Waals surface area (Å²) >= 11 is 0. The molecule has 0 aliphatic carbocycles. The maximum atomic E-state index is 2.39. The van der Waals surface area contributed by atoms with Gasteiger partial charge in [0.15, 0.2) is 0 Å². The molecule has 0 spiro atoms. The first-order chi connectivity index (χ1) is 5.11. The molecule has 1 aliphatic heterocycles. The minimum Gasteiger partial charge on any atom is -0.0859 e. The summed E-state index contributed by atoms with van der Waals surface area (Å²) < 4.78 is 0. The second-order valence-corrected chi connectivity index (χ2v) is 4.77. The molecule has 1 heteroatoms. The SMILES string of the molecule is CB1CC1CCC(C)C(C)C. The summed E-state index contributed by atoms with van der Waals surface area (Å²) in [4.78, 5) is 0. The van der Waals surface area contributed by atoms with E-state index in [1.807, 2.05) is 0 Å². The van der Waals surface area contributed by atoms with Gasteiger partial charge in [0.05, 0.1) is 0 Å². The van der Waals surface area contributed by atoms with Crippen LogP contribution in [0.15, 0.2) is 0 Å². The Labute approximate surface area is 71.8 Å². The van der Waals surface area contributed by atoms with Gasteiger partial charge in [0, 0.05) is 0 Å². The smallest absolute Gasteiger partial charge is 0.0859 e. The zero-order chi connectivity index (χ0) is 8.43. The maximum Gasteiger partial charge on any atom is 0.138 e. The van der Waals surface area contributed by atoms with Crippen LogP contribution in [0.4, 0.5) is 0 Å². The van der Waals surface area contributed by atoms with Crippen molar-refractivity contribution in [2.24, 2.45) is 11.8 Å². The van der Waals surface area contributed by atoms with E-state index in [4.69, 9.17) is 0 Å². The van der Waals surface area contributed by atoms with E-state index in [1.54, 1.807) is 0 Å². The van der Waals surface area contributed by atoms with Crippen LogP contribution in [0.5, 0.6) is 0 Å². The molecule has 0 aromatic rings. The summed E-state index contributed by atoms with van der Waals surface area (Å²) in [6.07, 6.45) is 4.44. The molecular formula is C10H21B. The molecule has 0 radical (unpaired) electrons. The summed E-state index contributed by atoms with van der Waals surface area (Å²) in [5.74, 6) is 2.91. The molecule has 0 amide bonds. The zero-order valence-electron chi connectivity index (χ0n) is 8.43. The average Bonchev–Trinajstić information content (AvgIpc) is 2.61. The van der Waals surface area contributed by atoms with Crippen molar-refractivity contribution in [3.05, 3.63) is 0 Å². The van der Waals surface area contributed by atoms with Crippen molar-refractivity contribution in [3.63, 3.8) is 0 Å². The fourth-order valence-electron chi connectivity index (χ4n) is 1.61. The summed E-state index contributed by atoms with van der Waals surface area (Å²) in [6, 6.07) is 0. The Morgan fingerprint density at radius 3 is 2.27 bits per heavy atom. The van der Waals surface area contributed by atoms with Crippen molar-refractivity contribution < 1.29 is 0 Å². The van der Waals surface area contributed by atoms with Gasteiger partial charge in [0.1, 0.15) is 6.71 Å². The second-order valence-electron chi connectivity index (χ2n) is 4.77. The third-order valence-corrected chi connectivity index (χ3v) is 3.41. The van der Waals surface area contributed by atoms with Gasteiger partial charge in [-0.3, -0.25) is 0 Å². The zero-order valence-corrected chi connectivity index (χ0v) is 8.43. The van der Waals surface area contributed by atoms with E-state index >= 15 is 0 Å². The van der Waals surface area contributed by atoms with Gasteiger partial charge in [0.25, 0.3) is 0 Å². The van der Waals surface area contributed by atoms with Crippen LogP contribution in [0.1, 0.15) is 33.6 Å². The number of rotatable bonds is 4. The molecule has 0 bridgehead atoms. The predicted molar refractivity (Wildman–Crippen MR) is 53.4 cm³/mol. The van der Waals surface area contributed by atoms with Crippen LogP contribution in [-0.4, -0.2) is 6.71 Å². The van der Waals surface area contributed by atoms with Crippen molar-refractivity contribution in [1.29, 1.82) is 0 Å². The Morgan fingerprint density at radius 2 is 1.91 bits per heavy atom. The average molecular weight is 152 g/mol. The van der Waals surface area contributed by atoms with Crippen LogP contribution in [0.25, 0.3) is 0 Å². The summed E-state index contributed by atoms with van der Waals surface area (Å²) in [5, 5.41) is 0. The van der Waals surface area contributed by atoms with Crippen molar-refractivity contribution in [2.75, 3.05) is 0 Å². The molecule has 0 aromatic carbocycles. The number of hydrogen-bond acceptors (Lipinski definition) is 0. The van der Waals surface area contributed by atoms with Gasteiger partial charge in [-0.2, -0.15) is 0 Å². The van der Waals surface area contributed by atoms with Gasteiger partial charge >= 0.3 is 0 Å². The van der Waals surface area contributed by atoms with Crippen LogP contribution in [0.2, 0.25) is 19.0 Å². The van der Waals surface area contributed by atoms with Gasteiger partial charge in [-0.15, -0.1) is 0 Å². The van der Waals surface area contributed by atoms with E-state index in [0.717, 1.165) is 24.4 Å². The molecular weight excluding hydrogens is 131 g/mol. The molecule has 0 nitrogen and oxygen atoms in total. The largest absolute Gasteiger partial charge is 0.138 e. The summed E-state index contributed by atoms with van der Waals surface area (Å²) in [5.41, 5.74) is 0. The molecule has 1 aliphatic rings. The maximum absolute atomic E-state index is 2.39. The minimum absolute atomic E-state index is 0.879. The normalized spacial score (nSPS) is 25.9. The van der Waals surface area contributed by atoms with Crippen molar-refractivity contribution >= 4 is 6.71 Å². The molecule has 0 N–H and O–H groups in total. The Kier molecular flexibility index (Phi) is 3.03. The lowest BCUT2D eigenvalue weighted by Gasteiger charge is -2.14. The molecule has 0 aromatic heterocycles. The monoisotopic (exact) mass is 152 g/mol. The minimum atomic E-state index is 0.879. The second kappa shape index (κ2) is 3.64. The third kappa shape index (κ3) is 2.88. The van der Waals surface area contributed by atoms with Crippen molar-refractivity contribution in [3.8, 4) is 0 Å². The fraction of sp³-hybridized carbons (Fsp3) is 1.00. The van der Waals surface area contributed by atoms with Crippen LogP contribution in [0.3, 0.4) is 0 Å². The van der Waals surface area contributed by atoms with Gasteiger partial charge in [-0.05, 0) is 11.8 Å². The lowest BCUT2D eigenvalue weighted by molar-refractivity contribution is 0.384. The number of hydrogen-bond donors (Lipinski definition) is 0. The molecule has 2 unspecified atom stereocenters. The third-order valence-electron chi connectivity index (χ3n) is 3.41. The van der Waals surface area contributed by atoms with Gasteiger partial charge in [0.2, 0.25) is 0 Å². The molecule has 0 saturated carbocycles. The first kappa shape index (κ1) is 9.16. The van der Waals surface area contributed by atoms with Gasteiger partial charge < -0.3 is 0 Å². The topological polar surface area (TPSA) is 0 Å². The Morgan fingerprint density at radius 1 is 1.36 bits per heavy atom. The van der Waals surface area contributed by atoms with Gasteiger partial charge in [-0.1, -0.05) is 52.6 Å². The van der Waals surface area contributed by atoms with Crippen molar-refractivity contribution in [1.82, 2.24) is 0 Å². The van der Waals surface area contributed by atoms with E-state index in [2.05, 4.69) is 27.6 Å². The molecule has 1 rings (SSSR count). The first-order valence-corrected chi connectivity index (χ1v) is 5.11. The molecule has 1 saturated heterocycles. The van der Waals surface area contributed by atoms with E-state index in [-0.39, 0.29) is 0 Å². The Balaban J connectivity index is 2.03. The van der Waals surface area contributed by atoms with Gasteiger partial charge in [-0.25, -0.2) is 0 Å². The van der Waals surface area contributed by atoms with E-state index in [1.165, 1.54) is 19.2 Å². The van der Waals surface area contributed by atoms with Crippen LogP contribution >= 0.6 is 0 Å². The predicted octanol–water partition coefficient (Wildman–Crippen LogP) is 3.57. The summed E-state index contributed by atoms with van der Waals surface area (Å²) in [6.45, 7) is 10.5. The lowest BCUT2D eigenvalue weighted by atomic mass is 9.70.